The van der Waals surface area contributed by atoms with Crippen LogP contribution in [0.5, 0.6) is 0 Å². The molecule has 38 heavy (non-hydrogen) atoms. The predicted octanol–water partition coefficient (Wildman–Crippen LogP) is 5.12. The van der Waals surface area contributed by atoms with Crippen molar-refractivity contribution in [2.75, 3.05) is 18.0 Å². The summed E-state index contributed by atoms with van der Waals surface area (Å²) in [5.74, 6) is -5.82. The van der Waals surface area contributed by atoms with Gasteiger partial charge in [-0.15, -0.1) is 10.2 Å². The summed E-state index contributed by atoms with van der Waals surface area (Å²) in [7, 11) is 1.24. The largest absolute Gasteiger partial charge is 0.416 e. The number of halogens is 7. The molecule has 1 unspecified atom stereocenters. The molecule has 3 aromatic rings. The second-order valence-electron chi connectivity index (χ2n) is 9.74. The van der Waals surface area contributed by atoms with Crippen LogP contribution in [0.3, 0.4) is 0 Å². The number of nitrogens with zero attached hydrogens (tertiary/aromatic N) is 5. The van der Waals surface area contributed by atoms with E-state index in [4.69, 9.17) is 0 Å². The molecule has 0 radical (unpaired) electrons. The number of aromatic nitrogens is 3. The number of anilines is 1. The zero-order valence-electron chi connectivity index (χ0n) is 20.2. The van der Waals surface area contributed by atoms with E-state index in [1.807, 2.05) is 0 Å². The van der Waals surface area contributed by atoms with Crippen LogP contribution >= 0.6 is 0 Å². The van der Waals surface area contributed by atoms with E-state index in [0.717, 1.165) is 34.0 Å². The minimum Gasteiger partial charge on any atom is -0.316 e. The third kappa shape index (κ3) is 4.22. The second kappa shape index (κ2) is 8.79. The maximum Gasteiger partial charge on any atom is 0.416 e. The minimum absolute atomic E-state index is 0.0386. The Labute approximate surface area is 212 Å². The maximum atomic E-state index is 15.7. The van der Waals surface area contributed by atoms with Crippen molar-refractivity contribution in [2.45, 2.75) is 44.0 Å². The number of rotatable bonds is 6. The summed E-state index contributed by atoms with van der Waals surface area (Å²) in [6.07, 6.45) is -4.82. The van der Waals surface area contributed by atoms with Crippen LogP contribution in [-0.2, 0) is 37.9 Å². The Morgan fingerprint density at radius 3 is 2.37 bits per heavy atom. The van der Waals surface area contributed by atoms with Gasteiger partial charge in [-0.1, -0.05) is 12.1 Å². The molecule has 0 bridgehead atoms. The van der Waals surface area contributed by atoms with Gasteiger partial charge in [0.25, 0.3) is 5.91 Å². The molecule has 2 aliphatic heterocycles. The number of carbonyl (C=O) groups excluding carboxylic acids is 1. The van der Waals surface area contributed by atoms with E-state index in [1.165, 1.54) is 25.2 Å². The summed E-state index contributed by atoms with van der Waals surface area (Å²) >= 11 is 0. The van der Waals surface area contributed by atoms with Gasteiger partial charge in [-0.3, -0.25) is 9.69 Å². The fourth-order valence-corrected chi connectivity index (χ4v) is 4.84. The maximum absolute atomic E-state index is 15.7. The van der Waals surface area contributed by atoms with Gasteiger partial charge in [0.05, 0.1) is 12.1 Å². The zero-order chi connectivity index (χ0) is 27.6. The number of hydrogen-bond donors (Lipinski definition) is 0. The predicted molar refractivity (Wildman–Crippen MR) is 122 cm³/mol. The molecule has 202 valence electrons. The average Bonchev–Trinajstić information content (AvgIpc) is 3.40. The number of hydrogen-bond acceptors (Lipinski definition) is 4. The summed E-state index contributed by atoms with van der Waals surface area (Å²) in [6, 6.07) is 6.98. The van der Waals surface area contributed by atoms with Crippen LogP contribution in [0.4, 0.5) is 36.4 Å². The van der Waals surface area contributed by atoms with E-state index in [2.05, 4.69) is 10.2 Å². The monoisotopic (exact) mass is 541 g/mol. The second-order valence-corrected chi connectivity index (χ2v) is 9.74. The van der Waals surface area contributed by atoms with Gasteiger partial charge in [0, 0.05) is 37.9 Å². The number of carbonyl (C=O) groups is 1. The van der Waals surface area contributed by atoms with Crippen molar-refractivity contribution in [3.8, 4) is 0 Å². The topological polar surface area (TPSA) is 54.3 Å². The molecule has 6 nitrogen and oxygen atoms in total. The highest BCUT2D eigenvalue weighted by molar-refractivity contribution is 6.10. The summed E-state index contributed by atoms with van der Waals surface area (Å²) in [6.45, 7) is 0.397. The molecule has 3 heterocycles. The molecule has 0 aliphatic carbocycles. The number of alkyl halides is 7. The lowest BCUT2D eigenvalue weighted by atomic mass is 9.90. The summed E-state index contributed by atoms with van der Waals surface area (Å²) in [5.41, 5.74) is -5.10. The third-order valence-corrected chi connectivity index (χ3v) is 7.01. The SMILES string of the molecule is Cn1cnnc1C(F)(F)C(C)(F)c1cccc(N2Cc3c(cc(CN4CC(F)C4)cc3C(F)(F)F)C2=O)c1. The normalized spacial score (nSPS) is 18.4. The van der Waals surface area contributed by atoms with Crippen LogP contribution in [0.25, 0.3) is 0 Å². The lowest BCUT2D eigenvalue weighted by Crippen LogP contribution is -2.47. The van der Waals surface area contributed by atoms with Gasteiger partial charge in [0.1, 0.15) is 12.5 Å². The Balaban J connectivity index is 1.49. The van der Waals surface area contributed by atoms with E-state index < -0.39 is 53.3 Å². The smallest absolute Gasteiger partial charge is 0.316 e. The fourth-order valence-electron chi connectivity index (χ4n) is 4.84. The molecule has 1 saturated heterocycles. The first-order valence-electron chi connectivity index (χ1n) is 11.6. The zero-order valence-corrected chi connectivity index (χ0v) is 20.2. The van der Waals surface area contributed by atoms with Crippen molar-refractivity contribution in [1.82, 2.24) is 19.7 Å². The van der Waals surface area contributed by atoms with Gasteiger partial charge < -0.3 is 9.47 Å². The van der Waals surface area contributed by atoms with E-state index in [0.29, 0.717) is 6.92 Å². The molecule has 0 N–H and O–H groups in total. The van der Waals surface area contributed by atoms with Crippen molar-refractivity contribution in [1.29, 1.82) is 0 Å². The van der Waals surface area contributed by atoms with Crippen molar-refractivity contribution in [2.24, 2.45) is 7.05 Å². The van der Waals surface area contributed by atoms with E-state index in [1.54, 1.807) is 4.90 Å². The molecule has 0 spiro atoms. The van der Waals surface area contributed by atoms with Crippen LogP contribution in [0, 0.1) is 0 Å². The molecular weight excluding hydrogens is 519 g/mol. The minimum atomic E-state index is -4.77. The molecule has 1 fully saturated rings. The molecular formula is C25H22F7N5O. The molecule has 13 heteroatoms. The molecule has 2 aromatic carbocycles. The standard InChI is InChI=1S/C25H22F7N5O/c1-23(27,24(28,29)22-34-33-13-35(22)2)15-4-3-5-17(8-15)37-12-19-18(21(37)38)6-14(7-20(19)25(30,31)32)9-36-10-16(26)11-36/h3-8,13,16H,9-12H2,1-2H3. The Hall–Kier alpha value is -3.48. The summed E-state index contributed by atoms with van der Waals surface area (Å²) < 4.78 is 102. The van der Waals surface area contributed by atoms with Crippen LogP contribution < -0.4 is 4.90 Å². The third-order valence-electron chi connectivity index (χ3n) is 7.01. The lowest BCUT2D eigenvalue weighted by molar-refractivity contribution is -0.149. The van der Waals surface area contributed by atoms with Crippen LogP contribution in [0.2, 0.25) is 0 Å². The van der Waals surface area contributed by atoms with Crippen molar-refractivity contribution < 1.29 is 35.5 Å². The van der Waals surface area contributed by atoms with Crippen molar-refractivity contribution >= 4 is 11.6 Å². The summed E-state index contributed by atoms with van der Waals surface area (Å²) in [5, 5.41) is 6.70. The number of amides is 1. The van der Waals surface area contributed by atoms with Gasteiger partial charge in [0.15, 0.2) is 0 Å². The van der Waals surface area contributed by atoms with Crippen LogP contribution in [0.1, 0.15) is 45.4 Å². The average molecular weight is 541 g/mol. The number of benzene rings is 2. The Kier molecular flexibility index (Phi) is 6.04. The number of likely N-dealkylation sites (tertiary alicyclic amines) is 1. The van der Waals surface area contributed by atoms with E-state index in [-0.39, 0.29) is 42.0 Å². The van der Waals surface area contributed by atoms with Gasteiger partial charge in [-0.2, -0.15) is 22.0 Å². The Morgan fingerprint density at radius 1 is 1.05 bits per heavy atom. The van der Waals surface area contributed by atoms with Crippen LogP contribution in [-0.4, -0.2) is 44.8 Å². The first-order chi connectivity index (χ1) is 17.7. The number of fused-ring (bicyclic) bond motifs is 1. The van der Waals surface area contributed by atoms with Crippen LogP contribution in [0.15, 0.2) is 42.7 Å². The fraction of sp³-hybridized carbons (Fsp3) is 0.400. The van der Waals surface area contributed by atoms with Crippen molar-refractivity contribution in [3.63, 3.8) is 0 Å². The highest BCUT2D eigenvalue weighted by Crippen LogP contribution is 2.48. The first kappa shape index (κ1) is 26.1. The molecule has 2 aliphatic rings. The molecule has 1 atom stereocenters. The van der Waals surface area contributed by atoms with E-state index >= 15 is 13.2 Å². The Morgan fingerprint density at radius 2 is 1.76 bits per heavy atom. The molecule has 0 saturated carbocycles. The summed E-state index contributed by atoms with van der Waals surface area (Å²) in [4.78, 5) is 15.9. The van der Waals surface area contributed by atoms with Gasteiger partial charge in [0.2, 0.25) is 11.5 Å². The molecule has 1 amide bonds. The highest BCUT2D eigenvalue weighted by atomic mass is 19.4. The van der Waals surface area contributed by atoms with Gasteiger partial charge >= 0.3 is 12.1 Å². The quantitative estimate of drug-likeness (QED) is 0.407. The van der Waals surface area contributed by atoms with Crippen molar-refractivity contribution in [3.05, 3.63) is 76.4 Å². The highest BCUT2D eigenvalue weighted by Gasteiger charge is 2.57. The Bertz CT molecular complexity index is 1390. The molecule has 1 aromatic heterocycles. The van der Waals surface area contributed by atoms with Gasteiger partial charge in [-0.25, -0.2) is 8.78 Å². The number of aryl methyl sites for hydroxylation is 1. The van der Waals surface area contributed by atoms with E-state index in [9.17, 15) is 22.4 Å². The lowest BCUT2D eigenvalue weighted by Gasteiger charge is -2.34. The first-order valence-corrected chi connectivity index (χ1v) is 11.6. The molecule has 5 rings (SSSR count). The van der Waals surface area contributed by atoms with Gasteiger partial charge in [-0.05, 0) is 47.9 Å².